The molecule has 0 bridgehead atoms. The first-order chi connectivity index (χ1) is 7.75. The average Bonchev–Trinajstić information content (AvgIpc) is 2.57. The van der Waals surface area contributed by atoms with Crippen molar-refractivity contribution in [1.29, 1.82) is 0 Å². The molecule has 1 amide bonds. The number of hydrogen-bond acceptors (Lipinski definition) is 4. The van der Waals surface area contributed by atoms with Gasteiger partial charge in [-0.3, -0.25) is 9.80 Å². The van der Waals surface area contributed by atoms with Crippen LogP contribution in [0.5, 0.6) is 0 Å². The van der Waals surface area contributed by atoms with E-state index in [0.29, 0.717) is 0 Å². The largest absolute Gasteiger partial charge is 0.361 e. The first-order valence-electron chi connectivity index (χ1n) is 5.19. The molecule has 0 spiro atoms. The van der Waals surface area contributed by atoms with Crippen LogP contribution in [0.25, 0.3) is 0 Å². The quantitative estimate of drug-likeness (QED) is 0.678. The van der Waals surface area contributed by atoms with Crippen LogP contribution in [0.15, 0.2) is 29.4 Å². The van der Waals surface area contributed by atoms with Crippen LogP contribution < -0.4 is 10.6 Å². The van der Waals surface area contributed by atoms with Crippen molar-refractivity contribution >= 4 is 23.5 Å². The van der Waals surface area contributed by atoms with Crippen LogP contribution in [0, 0.1) is 5.92 Å². The Morgan fingerprint density at radius 3 is 2.88 bits per heavy atom. The van der Waals surface area contributed by atoms with E-state index in [0.717, 1.165) is 11.4 Å². The Balaban J connectivity index is 2.03. The molecule has 3 rings (SSSR count). The molecule has 2 N–H and O–H groups in total. The van der Waals surface area contributed by atoms with E-state index in [-0.39, 0.29) is 18.0 Å². The lowest BCUT2D eigenvalue weighted by atomic mass is 10.1. The summed E-state index contributed by atoms with van der Waals surface area (Å²) in [4.78, 5) is 11.9. The van der Waals surface area contributed by atoms with Crippen molar-refractivity contribution in [2.24, 2.45) is 11.0 Å². The maximum absolute atomic E-state index is 11.9. The molecule has 2 unspecified atom stereocenters. The highest BCUT2D eigenvalue weighted by atomic mass is 16.2. The van der Waals surface area contributed by atoms with Gasteiger partial charge < -0.3 is 10.6 Å². The number of carbonyl (C=O) groups excluding carboxylic acids is 1. The molecule has 82 valence electrons. The van der Waals surface area contributed by atoms with Gasteiger partial charge in [0.2, 0.25) is 5.91 Å². The van der Waals surface area contributed by atoms with Gasteiger partial charge in [0.15, 0.2) is 0 Å². The number of para-hydroxylation sites is 2. The second-order valence-corrected chi connectivity index (χ2v) is 3.99. The molecular weight excluding hydrogens is 204 g/mol. The Morgan fingerprint density at radius 1 is 1.31 bits per heavy atom. The molecule has 2 aliphatic heterocycles. The molecule has 0 aromatic heterocycles. The van der Waals surface area contributed by atoms with E-state index in [1.807, 2.05) is 31.3 Å². The minimum absolute atomic E-state index is 0.0180. The Kier molecular flexibility index (Phi) is 1.86. The number of nitrogens with one attached hydrogen (secondary N) is 2. The zero-order valence-electron chi connectivity index (χ0n) is 8.84. The molecule has 1 aromatic carbocycles. The van der Waals surface area contributed by atoms with Crippen molar-refractivity contribution in [3.63, 3.8) is 0 Å². The molecule has 5 heteroatoms. The molecule has 0 aliphatic carbocycles. The third kappa shape index (κ3) is 1.25. The summed E-state index contributed by atoms with van der Waals surface area (Å²) >= 11 is 0. The fourth-order valence-electron chi connectivity index (χ4n) is 2.05. The minimum Gasteiger partial charge on any atom is -0.361 e. The maximum Gasteiger partial charge on any atom is 0.237 e. The normalized spacial score (nSPS) is 26.6. The van der Waals surface area contributed by atoms with Crippen LogP contribution in [-0.2, 0) is 4.79 Å². The minimum atomic E-state index is -0.239. The summed E-state index contributed by atoms with van der Waals surface area (Å²) < 4.78 is 0. The van der Waals surface area contributed by atoms with Gasteiger partial charge in [0.25, 0.3) is 0 Å². The van der Waals surface area contributed by atoms with Crippen LogP contribution in [0.3, 0.4) is 0 Å². The van der Waals surface area contributed by atoms with Gasteiger partial charge in [-0.15, -0.1) is 0 Å². The number of carbonyl (C=O) groups is 1. The highest BCUT2D eigenvalue weighted by molar-refractivity contribution is 6.06. The molecule has 2 atom stereocenters. The summed E-state index contributed by atoms with van der Waals surface area (Å²) in [5.41, 5.74) is 1.75. The first kappa shape index (κ1) is 9.21. The van der Waals surface area contributed by atoms with Gasteiger partial charge in [-0.25, -0.2) is 0 Å². The summed E-state index contributed by atoms with van der Waals surface area (Å²) in [5, 5.41) is 12.1. The van der Waals surface area contributed by atoms with E-state index in [1.165, 1.54) is 0 Å². The lowest BCUT2D eigenvalue weighted by molar-refractivity contribution is -0.118. The Bertz CT molecular complexity index is 471. The van der Waals surface area contributed by atoms with Gasteiger partial charge >= 0.3 is 0 Å². The zero-order valence-corrected chi connectivity index (χ0v) is 8.84. The second-order valence-electron chi connectivity index (χ2n) is 3.99. The van der Waals surface area contributed by atoms with E-state index in [9.17, 15) is 4.79 Å². The van der Waals surface area contributed by atoms with Crippen molar-refractivity contribution in [2.75, 3.05) is 17.7 Å². The van der Waals surface area contributed by atoms with E-state index in [1.54, 1.807) is 11.2 Å². The number of benzene rings is 1. The molecule has 5 nitrogen and oxygen atoms in total. The molecule has 16 heavy (non-hydrogen) atoms. The van der Waals surface area contributed by atoms with Crippen molar-refractivity contribution < 1.29 is 4.79 Å². The molecule has 0 saturated heterocycles. The molecule has 2 aliphatic rings. The summed E-state index contributed by atoms with van der Waals surface area (Å²) in [5.74, 6) is -0.257. The SMILES string of the molecule is CN1N=CC2C(=O)Nc3ccccc3NC21. The number of rotatable bonds is 0. The summed E-state index contributed by atoms with van der Waals surface area (Å²) in [6.07, 6.45) is 1.59. The zero-order chi connectivity index (χ0) is 11.1. The van der Waals surface area contributed by atoms with E-state index < -0.39 is 0 Å². The van der Waals surface area contributed by atoms with E-state index in [4.69, 9.17) is 0 Å². The Hall–Kier alpha value is -2.04. The third-order valence-electron chi connectivity index (χ3n) is 2.94. The van der Waals surface area contributed by atoms with Crippen molar-refractivity contribution in [2.45, 2.75) is 6.17 Å². The molecule has 0 saturated carbocycles. The second kappa shape index (κ2) is 3.23. The summed E-state index contributed by atoms with van der Waals surface area (Å²) in [6, 6.07) is 7.68. The van der Waals surface area contributed by atoms with Crippen LogP contribution >= 0.6 is 0 Å². The maximum atomic E-state index is 11.9. The van der Waals surface area contributed by atoms with Crippen LogP contribution in [0.2, 0.25) is 0 Å². The van der Waals surface area contributed by atoms with Gasteiger partial charge in [-0.05, 0) is 12.1 Å². The lowest BCUT2D eigenvalue weighted by Gasteiger charge is -2.23. The molecule has 2 heterocycles. The van der Waals surface area contributed by atoms with Gasteiger partial charge in [-0.1, -0.05) is 12.1 Å². The van der Waals surface area contributed by atoms with Crippen LogP contribution in [0.4, 0.5) is 11.4 Å². The monoisotopic (exact) mass is 216 g/mol. The highest BCUT2D eigenvalue weighted by Gasteiger charge is 2.36. The first-order valence-corrected chi connectivity index (χ1v) is 5.19. The summed E-state index contributed by atoms with van der Waals surface area (Å²) in [6.45, 7) is 0. The summed E-state index contributed by atoms with van der Waals surface area (Å²) in [7, 11) is 1.86. The van der Waals surface area contributed by atoms with E-state index >= 15 is 0 Å². The number of hydrazone groups is 1. The predicted molar refractivity (Wildman–Crippen MR) is 62.2 cm³/mol. The Labute approximate surface area is 93.1 Å². The standard InChI is InChI=1S/C11H12N4O/c1-15-10-7(6-12-15)11(16)14-9-5-3-2-4-8(9)13-10/h2-7,10,13H,1H3,(H,14,16). The van der Waals surface area contributed by atoms with Gasteiger partial charge in [0, 0.05) is 13.3 Å². The number of anilines is 2. The Morgan fingerprint density at radius 2 is 2.06 bits per heavy atom. The third-order valence-corrected chi connectivity index (χ3v) is 2.94. The number of hydrogen-bond donors (Lipinski definition) is 2. The van der Waals surface area contributed by atoms with E-state index in [2.05, 4.69) is 15.7 Å². The van der Waals surface area contributed by atoms with Crippen molar-refractivity contribution in [3.05, 3.63) is 24.3 Å². The van der Waals surface area contributed by atoms with Crippen molar-refractivity contribution in [1.82, 2.24) is 5.01 Å². The van der Waals surface area contributed by atoms with Crippen LogP contribution in [0.1, 0.15) is 0 Å². The topological polar surface area (TPSA) is 56.7 Å². The predicted octanol–water partition coefficient (Wildman–Crippen LogP) is 0.924. The van der Waals surface area contributed by atoms with Gasteiger partial charge in [-0.2, -0.15) is 5.10 Å². The molecule has 0 fully saturated rings. The number of fused-ring (bicyclic) bond motifs is 2. The smallest absolute Gasteiger partial charge is 0.237 e. The molecule has 1 aromatic rings. The van der Waals surface area contributed by atoms with Gasteiger partial charge in [0.1, 0.15) is 12.1 Å². The average molecular weight is 216 g/mol. The molecular formula is C11H12N4O. The fraction of sp³-hybridized carbons (Fsp3) is 0.273. The molecule has 0 radical (unpaired) electrons. The van der Waals surface area contributed by atoms with Crippen molar-refractivity contribution in [3.8, 4) is 0 Å². The highest BCUT2D eigenvalue weighted by Crippen LogP contribution is 2.29. The number of amides is 1. The van der Waals surface area contributed by atoms with Gasteiger partial charge in [0.05, 0.1) is 11.4 Å². The number of nitrogens with zero attached hydrogens (tertiary/aromatic N) is 2. The van der Waals surface area contributed by atoms with Crippen LogP contribution in [-0.4, -0.2) is 30.3 Å². The fourth-order valence-corrected chi connectivity index (χ4v) is 2.05. The lowest BCUT2D eigenvalue weighted by Crippen LogP contribution is -2.40.